The quantitative estimate of drug-likeness (QED) is 0.784. The Kier molecular flexibility index (Phi) is 4.10. The van der Waals surface area contributed by atoms with E-state index in [9.17, 15) is 4.79 Å². The summed E-state index contributed by atoms with van der Waals surface area (Å²) in [4.78, 5) is 14.7. The lowest BCUT2D eigenvalue weighted by Crippen LogP contribution is -1.99. The van der Waals surface area contributed by atoms with Gasteiger partial charge in [0.2, 0.25) is 0 Å². The van der Waals surface area contributed by atoms with Crippen molar-refractivity contribution in [2.45, 2.75) is 6.61 Å². The Morgan fingerprint density at radius 1 is 1.17 bits per heavy atom. The molecule has 0 atom stereocenters. The summed E-state index contributed by atoms with van der Waals surface area (Å²) < 4.78 is 10.2. The minimum atomic E-state index is -1.02. The van der Waals surface area contributed by atoms with Crippen LogP contribution in [0, 0.1) is 0 Å². The minimum Gasteiger partial charge on any atom is -0.497 e. The molecular weight excluding hydrogens is 294 g/mol. The number of aromatic nitrogens is 1. The summed E-state index contributed by atoms with van der Waals surface area (Å²) in [7, 11) is 1.58. The highest BCUT2D eigenvalue weighted by Crippen LogP contribution is 2.21. The number of benzene rings is 2. The molecule has 4 rings (SSSR count). The van der Waals surface area contributed by atoms with Gasteiger partial charge in [-0.3, -0.25) is 0 Å². The van der Waals surface area contributed by atoms with Crippen molar-refractivity contribution in [1.82, 2.24) is 4.98 Å². The van der Waals surface area contributed by atoms with E-state index < -0.39 is 5.97 Å². The van der Waals surface area contributed by atoms with E-state index in [0.717, 1.165) is 23.5 Å². The van der Waals surface area contributed by atoms with Crippen molar-refractivity contribution in [3.8, 4) is 11.5 Å². The maximum Gasteiger partial charge on any atom is 0.354 e. The zero-order valence-electron chi connectivity index (χ0n) is 12.5. The number of hydrogen-bond acceptors (Lipinski definition) is 4. The number of carboxylic acid groups (broad SMARTS) is 1. The summed E-state index contributed by atoms with van der Waals surface area (Å²) in [5.74, 6) is 0.711. The molecule has 5 heteroatoms. The Morgan fingerprint density at radius 3 is 2.74 bits per heavy atom. The van der Waals surface area contributed by atoms with Crippen molar-refractivity contribution < 1.29 is 19.4 Å². The van der Waals surface area contributed by atoms with E-state index in [0.29, 0.717) is 5.52 Å². The molecule has 0 saturated carbocycles. The number of fused-ring (bicyclic) bond motifs is 3. The van der Waals surface area contributed by atoms with Crippen molar-refractivity contribution in [2.75, 3.05) is 7.11 Å². The summed E-state index contributed by atoms with van der Waals surface area (Å²) in [5, 5.41) is 9.62. The van der Waals surface area contributed by atoms with E-state index in [1.165, 1.54) is 11.6 Å². The van der Waals surface area contributed by atoms with Crippen molar-refractivity contribution in [3.63, 3.8) is 0 Å². The third-order valence-corrected chi connectivity index (χ3v) is 3.42. The van der Waals surface area contributed by atoms with E-state index in [1.807, 2.05) is 18.2 Å². The summed E-state index contributed by atoms with van der Waals surface area (Å²) in [6, 6.07) is 16.6. The van der Waals surface area contributed by atoms with Crippen LogP contribution in [0.25, 0.3) is 10.9 Å². The fourth-order valence-electron chi connectivity index (χ4n) is 2.24. The van der Waals surface area contributed by atoms with Gasteiger partial charge in [-0.1, -0.05) is 18.2 Å². The minimum absolute atomic E-state index is 0.0488. The smallest absolute Gasteiger partial charge is 0.354 e. The van der Waals surface area contributed by atoms with Gasteiger partial charge in [-0.15, -0.1) is 0 Å². The Hall–Kier alpha value is -3.08. The summed E-state index contributed by atoms with van der Waals surface area (Å²) >= 11 is 0. The van der Waals surface area contributed by atoms with E-state index in [4.69, 9.17) is 14.6 Å². The molecule has 0 amide bonds. The SMILES string of the molecule is COc1ccc2nc(C(=O)O)ccc2c1.c1cc2cc(c1)OC2. The second-order valence-electron chi connectivity index (χ2n) is 5.00. The van der Waals surface area contributed by atoms with Crippen LogP contribution in [0.1, 0.15) is 16.1 Å². The zero-order valence-corrected chi connectivity index (χ0v) is 12.5. The third kappa shape index (κ3) is 3.40. The number of ether oxygens (including phenoxy) is 2. The van der Waals surface area contributed by atoms with Gasteiger partial charge in [0.15, 0.2) is 0 Å². The normalized spacial score (nSPS) is 11.3. The maximum atomic E-state index is 10.7. The maximum absolute atomic E-state index is 10.7. The van der Waals surface area contributed by atoms with Gasteiger partial charge in [-0.25, -0.2) is 9.78 Å². The zero-order chi connectivity index (χ0) is 16.2. The highest BCUT2D eigenvalue weighted by molar-refractivity contribution is 5.90. The van der Waals surface area contributed by atoms with Gasteiger partial charge in [0, 0.05) is 5.39 Å². The molecule has 0 unspecified atom stereocenters. The Morgan fingerprint density at radius 2 is 2.04 bits per heavy atom. The standard InChI is InChI=1S/C11H9NO3.C7H6O/c1-15-8-3-5-9-7(6-8)2-4-10(12-9)11(13)14;1-2-6-4-7(3-1)8-5-6/h2-6H,1H3,(H,13,14);1-4H,5H2. The first-order chi connectivity index (χ1) is 11.2. The number of aromatic carboxylic acids is 1. The van der Waals surface area contributed by atoms with Gasteiger partial charge in [-0.05, 0) is 42.0 Å². The highest BCUT2D eigenvalue weighted by atomic mass is 16.5. The Labute approximate surface area is 133 Å². The first kappa shape index (κ1) is 14.8. The monoisotopic (exact) mass is 309 g/mol. The number of pyridine rings is 1. The van der Waals surface area contributed by atoms with Crippen LogP contribution in [0.2, 0.25) is 0 Å². The molecule has 1 aromatic heterocycles. The van der Waals surface area contributed by atoms with Crippen molar-refractivity contribution in [2.24, 2.45) is 0 Å². The second kappa shape index (κ2) is 6.36. The number of methoxy groups -OCH3 is 1. The molecular formula is C18H15NO4. The van der Waals surface area contributed by atoms with E-state index in [2.05, 4.69) is 17.1 Å². The lowest BCUT2D eigenvalue weighted by atomic mass is 10.2. The molecule has 2 aromatic carbocycles. The Bertz CT molecular complexity index is 841. The van der Waals surface area contributed by atoms with Gasteiger partial charge in [0.1, 0.15) is 23.8 Å². The van der Waals surface area contributed by atoms with E-state index in [-0.39, 0.29) is 5.69 Å². The number of hydrogen-bond donors (Lipinski definition) is 1. The van der Waals surface area contributed by atoms with Crippen LogP contribution >= 0.6 is 0 Å². The van der Waals surface area contributed by atoms with Crippen LogP contribution in [-0.4, -0.2) is 23.2 Å². The fourth-order valence-corrected chi connectivity index (χ4v) is 2.24. The van der Waals surface area contributed by atoms with Crippen LogP contribution in [0.4, 0.5) is 0 Å². The van der Waals surface area contributed by atoms with Crippen LogP contribution in [0.15, 0.2) is 54.6 Å². The molecule has 0 radical (unpaired) electrons. The molecule has 116 valence electrons. The van der Waals surface area contributed by atoms with E-state index >= 15 is 0 Å². The molecule has 0 fully saturated rings. The van der Waals surface area contributed by atoms with Crippen molar-refractivity contribution >= 4 is 16.9 Å². The first-order valence-corrected chi connectivity index (χ1v) is 7.05. The van der Waals surface area contributed by atoms with Crippen LogP contribution in [0.5, 0.6) is 11.5 Å². The van der Waals surface area contributed by atoms with Crippen molar-refractivity contribution in [3.05, 3.63) is 65.9 Å². The Balaban J connectivity index is 0.000000162. The summed E-state index contributed by atoms with van der Waals surface area (Å²) in [5.41, 5.74) is 1.98. The second-order valence-corrected chi connectivity index (χ2v) is 5.00. The summed E-state index contributed by atoms with van der Waals surface area (Å²) in [6.07, 6.45) is 0. The molecule has 1 aliphatic heterocycles. The van der Waals surface area contributed by atoms with Gasteiger partial charge >= 0.3 is 5.97 Å². The van der Waals surface area contributed by atoms with Gasteiger partial charge < -0.3 is 14.6 Å². The topological polar surface area (TPSA) is 68.7 Å². The van der Waals surface area contributed by atoms with Gasteiger partial charge in [-0.2, -0.15) is 0 Å². The average Bonchev–Trinajstić information content (AvgIpc) is 2.92. The molecule has 1 aliphatic rings. The largest absolute Gasteiger partial charge is 0.497 e. The molecule has 0 spiro atoms. The lowest BCUT2D eigenvalue weighted by Gasteiger charge is -2.02. The van der Waals surface area contributed by atoms with Crippen LogP contribution in [-0.2, 0) is 6.61 Å². The lowest BCUT2D eigenvalue weighted by molar-refractivity contribution is 0.0691. The predicted molar refractivity (Wildman–Crippen MR) is 86.0 cm³/mol. The molecule has 2 heterocycles. The third-order valence-electron chi connectivity index (χ3n) is 3.42. The molecule has 5 nitrogen and oxygen atoms in total. The number of carboxylic acids is 1. The number of nitrogens with zero attached hydrogens (tertiary/aromatic N) is 1. The fraction of sp³-hybridized carbons (Fsp3) is 0.111. The molecule has 23 heavy (non-hydrogen) atoms. The molecule has 1 N–H and O–H groups in total. The molecule has 0 saturated heterocycles. The van der Waals surface area contributed by atoms with Gasteiger partial charge in [0.05, 0.1) is 12.6 Å². The molecule has 2 bridgehead atoms. The summed E-state index contributed by atoms with van der Waals surface area (Å²) in [6.45, 7) is 0.766. The number of carbonyl (C=O) groups is 1. The van der Waals surface area contributed by atoms with Crippen LogP contribution < -0.4 is 9.47 Å². The highest BCUT2D eigenvalue weighted by Gasteiger charge is 2.05. The van der Waals surface area contributed by atoms with Gasteiger partial charge in [0.25, 0.3) is 0 Å². The van der Waals surface area contributed by atoms with E-state index in [1.54, 1.807) is 25.3 Å². The average molecular weight is 309 g/mol. The molecule has 3 aromatic rings. The van der Waals surface area contributed by atoms with Crippen LogP contribution in [0.3, 0.4) is 0 Å². The first-order valence-electron chi connectivity index (χ1n) is 7.05. The molecule has 0 aliphatic carbocycles. The number of rotatable bonds is 2. The van der Waals surface area contributed by atoms with Crippen molar-refractivity contribution in [1.29, 1.82) is 0 Å². The predicted octanol–water partition coefficient (Wildman–Crippen LogP) is 3.52.